The van der Waals surface area contributed by atoms with Crippen LogP contribution >= 0.6 is 22.7 Å². The number of hydrogen-bond acceptors (Lipinski definition) is 10. The lowest BCUT2D eigenvalue weighted by Crippen LogP contribution is -2.51. The third-order valence-electron chi connectivity index (χ3n) is 11.1. The lowest BCUT2D eigenvalue weighted by Gasteiger charge is -2.30. The number of carbonyl (C=O) groups is 4. The van der Waals surface area contributed by atoms with Crippen LogP contribution in [0.4, 0.5) is 9.59 Å². The van der Waals surface area contributed by atoms with Gasteiger partial charge < -0.3 is 39.9 Å². The molecule has 59 heavy (non-hydrogen) atoms. The van der Waals surface area contributed by atoms with Crippen LogP contribution in [-0.2, 0) is 19.1 Å². The summed E-state index contributed by atoms with van der Waals surface area (Å²) in [6.07, 6.45) is 5.74. The standard InChI is InChI=1S/C43H54N8O6S2/c1-23(2)20-57-43(55)49-35(25(5)6)41(53)51-17-9-11-33(51)39-45-19-31(47-39)29-22-59-36-28(21-58-37(29)36)26-12-14-27(15-13-26)30-18-44-38(46-30)32-10-8-16-50(32)40(52)34(24(3)4)48-42(54)56-7/h12-15,18-19,21-25,32-35H,8-11,16-17,20H2,1-7H3,(H,44,46)(H,45,47)(H,48,54)(H,49,55)/t32?,33?,34-,35-/m0/s1. The number of carbonyl (C=O) groups excluding carboxylic acids is 4. The Balaban J connectivity index is 1.03. The maximum atomic E-state index is 13.8. The number of nitrogens with zero attached hydrogens (tertiary/aromatic N) is 4. The van der Waals surface area contributed by atoms with E-state index in [1.807, 2.05) is 63.7 Å². The summed E-state index contributed by atoms with van der Waals surface area (Å²) in [7, 11) is 1.29. The molecule has 2 fully saturated rings. The fraction of sp³-hybridized carbons (Fsp3) is 0.488. The van der Waals surface area contributed by atoms with E-state index in [-0.39, 0.29) is 41.7 Å². The smallest absolute Gasteiger partial charge is 0.407 e. The third kappa shape index (κ3) is 8.88. The van der Waals surface area contributed by atoms with Crippen molar-refractivity contribution in [2.45, 2.75) is 91.4 Å². The number of hydrogen-bond donors (Lipinski definition) is 4. The van der Waals surface area contributed by atoms with Crippen molar-refractivity contribution in [3.05, 3.63) is 59.1 Å². The number of nitrogens with one attached hydrogen (secondary N) is 4. The zero-order valence-electron chi connectivity index (χ0n) is 34.7. The summed E-state index contributed by atoms with van der Waals surface area (Å²) in [5, 5.41) is 9.87. The van der Waals surface area contributed by atoms with E-state index >= 15 is 0 Å². The number of benzene rings is 1. The zero-order valence-corrected chi connectivity index (χ0v) is 36.3. The van der Waals surface area contributed by atoms with Crippen molar-refractivity contribution >= 4 is 56.1 Å². The van der Waals surface area contributed by atoms with Gasteiger partial charge in [-0.2, -0.15) is 0 Å². The molecular weight excluding hydrogens is 789 g/mol. The van der Waals surface area contributed by atoms with E-state index in [0.29, 0.717) is 19.7 Å². The minimum Gasteiger partial charge on any atom is -0.453 e. The zero-order chi connectivity index (χ0) is 42.0. The number of amides is 4. The molecule has 14 nitrogen and oxygen atoms in total. The summed E-state index contributed by atoms with van der Waals surface area (Å²) in [6.45, 7) is 13.1. The molecule has 2 aliphatic heterocycles. The Morgan fingerprint density at radius 1 is 0.729 bits per heavy atom. The second kappa shape index (κ2) is 18.0. The quantitative estimate of drug-likeness (QED) is 0.0913. The van der Waals surface area contributed by atoms with Gasteiger partial charge in [-0.05, 0) is 54.6 Å². The maximum Gasteiger partial charge on any atom is 0.407 e. The Morgan fingerprint density at radius 2 is 1.22 bits per heavy atom. The molecule has 4 amide bonds. The van der Waals surface area contributed by atoms with E-state index in [9.17, 15) is 19.2 Å². The summed E-state index contributed by atoms with van der Waals surface area (Å²) < 4.78 is 12.5. The number of likely N-dealkylation sites (tertiary alicyclic amines) is 2. The predicted molar refractivity (Wildman–Crippen MR) is 230 cm³/mol. The Morgan fingerprint density at radius 3 is 1.76 bits per heavy atom. The van der Waals surface area contributed by atoms with E-state index in [0.717, 1.165) is 71.0 Å². The van der Waals surface area contributed by atoms with Crippen LogP contribution in [0.1, 0.15) is 91.0 Å². The highest BCUT2D eigenvalue weighted by molar-refractivity contribution is 7.27. The first-order valence-corrected chi connectivity index (χ1v) is 22.2. The fourth-order valence-corrected chi connectivity index (χ4v) is 10.4. The van der Waals surface area contributed by atoms with Gasteiger partial charge in [0.15, 0.2) is 0 Å². The number of H-pyrrole nitrogens is 2. The van der Waals surface area contributed by atoms with Crippen LogP contribution in [-0.4, -0.2) is 92.6 Å². The molecule has 0 spiro atoms. The van der Waals surface area contributed by atoms with Gasteiger partial charge in [0.1, 0.15) is 23.7 Å². The number of methoxy groups -OCH3 is 1. The van der Waals surface area contributed by atoms with Crippen LogP contribution in [0.3, 0.4) is 0 Å². The van der Waals surface area contributed by atoms with Crippen molar-refractivity contribution in [1.29, 1.82) is 0 Å². The first-order chi connectivity index (χ1) is 28.3. The highest BCUT2D eigenvalue weighted by Gasteiger charge is 2.39. The molecule has 6 heterocycles. The molecule has 16 heteroatoms. The number of rotatable bonds is 13. The van der Waals surface area contributed by atoms with Gasteiger partial charge in [-0.25, -0.2) is 19.6 Å². The molecule has 1 aromatic carbocycles. The van der Waals surface area contributed by atoms with Crippen molar-refractivity contribution in [2.24, 2.45) is 17.8 Å². The number of ether oxygens (including phenoxy) is 2. The molecule has 2 aliphatic rings. The molecule has 0 aliphatic carbocycles. The fourth-order valence-electron chi connectivity index (χ4n) is 7.94. The summed E-state index contributed by atoms with van der Waals surface area (Å²) in [4.78, 5) is 72.1. The second-order valence-corrected chi connectivity index (χ2v) is 18.3. The number of fused-ring (bicyclic) bond motifs is 1. The van der Waals surface area contributed by atoms with Crippen LogP contribution < -0.4 is 10.6 Å². The summed E-state index contributed by atoms with van der Waals surface area (Å²) >= 11 is 3.40. The Bertz CT molecular complexity index is 2270. The topological polar surface area (TPSA) is 175 Å². The number of imidazole rings is 2. The van der Waals surface area contributed by atoms with Crippen molar-refractivity contribution in [1.82, 2.24) is 40.4 Å². The number of thiophene rings is 2. The lowest BCUT2D eigenvalue weighted by molar-refractivity contribution is -0.136. The van der Waals surface area contributed by atoms with Crippen molar-refractivity contribution in [3.63, 3.8) is 0 Å². The number of aromatic amines is 2. The first-order valence-electron chi connectivity index (χ1n) is 20.4. The molecule has 4 N–H and O–H groups in total. The molecule has 7 rings (SSSR count). The van der Waals surface area contributed by atoms with E-state index in [4.69, 9.17) is 19.4 Å². The minimum atomic E-state index is -0.696. The average molecular weight is 843 g/mol. The van der Waals surface area contributed by atoms with Crippen LogP contribution in [0, 0.1) is 17.8 Å². The van der Waals surface area contributed by atoms with Gasteiger partial charge >= 0.3 is 12.2 Å². The number of alkyl carbamates (subject to hydrolysis) is 2. The minimum absolute atomic E-state index is 0.106. The Labute approximate surface area is 352 Å². The molecule has 2 unspecified atom stereocenters. The molecule has 314 valence electrons. The molecule has 4 aromatic heterocycles. The normalized spacial score (nSPS) is 17.9. The van der Waals surface area contributed by atoms with Gasteiger partial charge in [-0.15, -0.1) is 22.7 Å². The third-order valence-corrected chi connectivity index (χ3v) is 13.3. The average Bonchev–Trinajstić information content (AvgIpc) is 4.07. The van der Waals surface area contributed by atoms with Crippen LogP contribution in [0.2, 0.25) is 0 Å². The van der Waals surface area contributed by atoms with Crippen molar-refractivity contribution in [2.75, 3.05) is 26.8 Å². The predicted octanol–water partition coefficient (Wildman–Crippen LogP) is 8.52. The SMILES string of the molecule is COC(=O)N[C@H](C(=O)N1CCCC1c1ncc(-c2ccc(-c3csc4c(-c5cnc(C6CCCN6C(=O)[C@@H](NC(=O)OCC(C)C)C(C)C)[nH]5)csc34)cc2)[nH]1)C(C)C. The van der Waals surface area contributed by atoms with Gasteiger partial charge in [0.05, 0.1) is 59.0 Å². The van der Waals surface area contributed by atoms with Gasteiger partial charge in [0.25, 0.3) is 0 Å². The molecule has 2 saturated heterocycles. The largest absolute Gasteiger partial charge is 0.453 e. The van der Waals surface area contributed by atoms with Gasteiger partial charge in [-0.3, -0.25) is 9.59 Å². The molecule has 0 bridgehead atoms. The molecule has 4 atom stereocenters. The van der Waals surface area contributed by atoms with Crippen molar-refractivity contribution < 1.29 is 28.7 Å². The van der Waals surface area contributed by atoms with Crippen LogP contribution in [0.15, 0.2) is 47.4 Å². The molecule has 0 saturated carbocycles. The highest BCUT2D eigenvalue weighted by Crippen LogP contribution is 2.44. The van der Waals surface area contributed by atoms with Crippen LogP contribution in [0.25, 0.3) is 43.0 Å². The van der Waals surface area contributed by atoms with E-state index in [1.165, 1.54) is 16.5 Å². The summed E-state index contributed by atoms with van der Waals surface area (Å²) in [5.41, 5.74) is 6.09. The first kappa shape index (κ1) is 41.9. The van der Waals surface area contributed by atoms with Crippen molar-refractivity contribution in [3.8, 4) is 33.6 Å². The molecule has 5 aromatic rings. The Hall–Kier alpha value is -5.22. The molecule has 0 radical (unpaired) electrons. The van der Waals surface area contributed by atoms with E-state index in [2.05, 4.69) is 55.6 Å². The highest BCUT2D eigenvalue weighted by atomic mass is 32.1. The summed E-state index contributed by atoms with van der Waals surface area (Å²) in [5.74, 6) is 1.19. The lowest BCUT2D eigenvalue weighted by atomic mass is 10.0. The molecular formula is C43H54N8O6S2. The second-order valence-electron chi connectivity index (χ2n) is 16.5. The van der Waals surface area contributed by atoms with Crippen LogP contribution in [0.5, 0.6) is 0 Å². The maximum absolute atomic E-state index is 13.8. The van der Waals surface area contributed by atoms with Gasteiger partial charge in [0.2, 0.25) is 11.8 Å². The van der Waals surface area contributed by atoms with E-state index < -0.39 is 24.3 Å². The van der Waals surface area contributed by atoms with Gasteiger partial charge in [-0.1, -0.05) is 65.8 Å². The van der Waals surface area contributed by atoms with E-state index in [1.54, 1.807) is 22.7 Å². The van der Waals surface area contributed by atoms with Gasteiger partial charge in [0, 0.05) is 35.0 Å². The monoisotopic (exact) mass is 842 g/mol. The summed E-state index contributed by atoms with van der Waals surface area (Å²) in [6, 6.07) is 6.61. The number of aromatic nitrogens is 4. The Kier molecular flexibility index (Phi) is 12.8.